The molecule has 1 aromatic carbocycles. The van der Waals surface area contributed by atoms with E-state index in [9.17, 15) is 0 Å². The Labute approximate surface area is 125 Å². The molecule has 0 amide bonds. The summed E-state index contributed by atoms with van der Waals surface area (Å²) in [6, 6.07) is 4.40. The average Bonchev–Trinajstić information content (AvgIpc) is 2.91. The molecule has 0 aliphatic rings. The van der Waals surface area contributed by atoms with Gasteiger partial charge in [0.05, 0.1) is 11.2 Å². The van der Waals surface area contributed by atoms with Crippen molar-refractivity contribution >= 4 is 11.3 Å². The third kappa shape index (κ3) is 4.05. The van der Waals surface area contributed by atoms with Gasteiger partial charge in [-0.1, -0.05) is 19.1 Å². The van der Waals surface area contributed by atoms with Crippen LogP contribution in [0.1, 0.15) is 35.7 Å². The van der Waals surface area contributed by atoms with Gasteiger partial charge in [-0.3, -0.25) is 0 Å². The number of aryl methyl sites for hydroxylation is 2. The molecule has 2 rings (SSSR count). The number of benzene rings is 1. The first-order valence-corrected chi connectivity index (χ1v) is 7.95. The highest BCUT2D eigenvalue weighted by atomic mass is 32.1. The molecule has 108 valence electrons. The van der Waals surface area contributed by atoms with E-state index in [1.807, 2.05) is 10.9 Å². The van der Waals surface area contributed by atoms with Crippen molar-refractivity contribution in [3.8, 4) is 5.75 Å². The topological polar surface area (TPSA) is 34.1 Å². The summed E-state index contributed by atoms with van der Waals surface area (Å²) in [5, 5.41) is 5.45. The van der Waals surface area contributed by atoms with E-state index in [0.29, 0.717) is 6.61 Å². The third-order valence-electron chi connectivity index (χ3n) is 3.12. The largest absolute Gasteiger partial charge is 0.487 e. The van der Waals surface area contributed by atoms with Crippen LogP contribution < -0.4 is 10.1 Å². The van der Waals surface area contributed by atoms with E-state index in [1.165, 1.54) is 16.7 Å². The van der Waals surface area contributed by atoms with Crippen molar-refractivity contribution in [2.45, 2.75) is 40.3 Å². The van der Waals surface area contributed by atoms with Crippen LogP contribution in [0.3, 0.4) is 0 Å². The zero-order valence-corrected chi connectivity index (χ0v) is 13.2. The number of thiazole rings is 1. The zero-order valence-electron chi connectivity index (χ0n) is 12.4. The Balaban J connectivity index is 2.02. The number of aromatic nitrogens is 1. The van der Waals surface area contributed by atoms with Gasteiger partial charge in [0, 0.05) is 11.9 Å². The molecule has 0 atom stereocenters. The second-order valence-electron chi connectivity index (χ2n) is 5.00. The summed E-state index contributed by atoms with van der Waals surface area (Å²) in [4.78, 5) is 4.24. The van der Waals surface area contributed by atoms with Crippen molar-refractivity contribution in [1.82, 2.24) is 10.3 Å². The summed E-state index contributed by atoms with van der Waals surface area (Å²) >= 11 is 1.60. The smallest absolute Gasteiger partial charge is 0.131 e. The first-order chi connectivity index (χ1) is 9.70. The van der Waals surface area contributed by atoms with Crippen LogP contribution in [-0.4, -0.2) is 11.5 Å². The van der Waals surface area contributed by atoms with Crippen molar-refractivity contribution in [3.63, 3.8) is 0 Å². The van der Waals surface area contributed by atoms with E-state index in [1.54, 1.807) is 11.3 Å². The highest BCUT2D eigenvalue weighted by molar-refractivity contribution is 7.07. The Bertz CT molecular complexity index is 514. The Hall–Kier alpha value is -1.39. The van der Waals surface area contributed by atoms with Gasteiger partial charge in [0.2, 0.25) is 0 Å². The van der Waals surface area contributed by atoms with Gasteiger partial charge >= 0.3 is 0 Å². The molecule has 0 bridgehead atoms. The Morgan fingerprint density at radius 3 is 2.60 bits per heavy atom. The van der Waals surface area contributed by atoms with Gasteiger partial charge in [0.25, 0.3) is 0 Å². The van der Waals surface area contributed by atoms with Crippen LogP contribution >= 0.6 is 11.3 Å². The predicted molar refractivity (Wildman–Crippen MR) is 84.4 cm³/mol. The SMILES string of the molecule is CCCNCc1cc(C)c(OCc2cscn2)c(C)c1. The van der Waals surface area contributed by atoms with Crippen molar-refractivity contribution in [1.29, 1.82) is 0 Å². The molecule has 0 radical (unpaired) electrons. The predicted octanol–water partition coefficient (Wildman–Crippen LogP) is 3.84. The first-order valence-electron chi connectivity index (χ1n) is 7.01. The lowest BCUT2D eigenvalue weighted by molar-refractivity contribution is 0.298. The van der Waals surface area contributed by atoms with Gasteiger partial charge in [0.15, 0.2) is 0 Å². The van der Waals surface area contributed by atoms with Gasteiger partial charge in [-0.25, -0.2) is 4.98 Å². The second kappa shape index (κ2) is 7.41. The van der Waals surface area contributed by atoms with Gasteiger partial charge in [0.1, 0.15) is 12.4 Å². The van der Waals surface area contributed by atoms with Gasteiger partial charge in [-0.15, -0.1) is 11.3 Å². The summed E-state index contributed by atoms with van der Waals surface area (Å²) in [5.41, 5.74) is 6.51. The highest BCUT2D eigenvalue weighted by Gasteiger charge is 2.07. The summed E-state index contributed by atoms with van der Waals surface area (Å²) in [6.07, 6.45) is 1.16. The highest BCUT2D eigenvalue weighted by Crippen LogP contribution is 2.25. The minimum Gasteiger partial charge on any atom is -0.487 e. The second-order valence-corrected chi connectivity index (χ2v) is 5.72. The van der Waals surface area contributed by atoms with E-state index >= 15 is 0 Å². The fraction of sp³-hybridized carbons (Fsp3) is 0.438. The average molecular weight is 290 g/mol. The molecule has 4 heteroatoms. The van der Waals surface area contributed by atoms with Crippen molar-refractivity contribution in [3.05, 3.63) is 45.4 Å². The molecule has 2 aromatic rings. The maximum atomic E-state index is 5.92. The minimum absolute atomic E-state index is 0.540. The quantitative estimate of drug-likeness (QED) is 0.787. The van der Waals surface area contributed by atoms with E-state index in [4.69, 9.17) is 4.74 Å². The molecule has 1 heterocycles. The van der Waals surface area contributed by atoms with Crippen LogP contribution in [0.25, 0.3) is 0 Å². The summed E-state index contributed by atoms with van der Waals surface area (Å²) in [7, 11) is 0. The van der Waals surface area contributed by atoms with Crippen LogP contribution in [-0.2, 0) is 13.2 Å². The molecule has 0 spiro atoms. The fourth-order valence-corrected chi connectivity index (χ4v) is 2.78. The molecule has 0 aliphatic carbocycles. The number of ether oxygens (including phenoxy) is 1. The van der Waals surface area contributed by atoms with E-state index in [-0.39, 0.29) is 0 Å². The molecule has 1 aromatic heterocycles. The number of hydrogen-bond donors (Lipinski definition) is 1. The minimum atomic E-state index is 0.540. The molecular formula is C16H22N2OS. The summed E-state index contributed by atoms with van der Waals surface area (Å²) < 4.78 is 5.92. The Morgan fingerprint density at radius 2 is 2.00 bits per heavy atom. The lowest BCUT2D eigenvalue weighted by atomic mass is 10.1. The number of nitrogens with one attached hydrogen (secondary N) is 1. The van der Waals surface area contributed by atoms with E-state index < -0.39 is 0 Å². The molecule has 3 nitrogen and oxygen atoms in total. The van der Waals surface area contributed by atoms with Crippen LogP contribution in [0, 0.1) is 13.8 Å². The van der Waals surface area contributed by atoms with Crippen LogP contribution in [0.2, 0.25) is 0 Å². The van der Waals surface area contributed by atoms with Gasteiger partial charge < -0.3 is 10.1 Å². The first kappa shape index (κ1) is 15.0. The normalized spacial score (nSPS) is 10.8. The summed E-state index contributed by atoms with van der Waals surface area (Å²) in [5.74, 6) is 0.984. The van der Waals surface area contributed by atoms with Crippen LogP contribution in [0.15, 0.2) is 23.0 Å². The van der Waals surface area contributed by atoms with Crippen molar-refractivity contribution in [2.24, 2.45) is 0 Å². The molecular weight excluding hydrogens is 268 g/mol. The van der Waals surface area contributed by atoms with Crippen LogP contribution in [0.5, 0.6) is 5.75 Å². The van der Waals surface area contributed by atoms with Crippen molar-refractivity contribution < 1.29 is 4.74 Å². The lowest BCUT2D eigenvalue weighted by Crippen LogP contribution is -2.14. The Kier molecular flexibility index (Phi) is 5.56. The van der Waals surface area contributed by atoms with Gasteiger partial charge in [-0.2, -0.15) is 0 Å². The molecule has 0 aliphatic heterocycles. The molecule has 0 saturated heterocycles. The van der Waals surface area contributed by atoms with E-state index in [0.717, 1.165) is 31.0 Å². The Morgan fingerprint density at radius 1 is 1.25 bits per heavy atom. The number of nitrogens with zero attached hydrogens (tertiary/aromatic N) is 1. The van der Waals surface area contributed by atoms with Crippen LogP contribution in [0.4, 0.5) is 0 Å². The monoisotopic (exact) mass is 290 g/mol. The maximum Gasteiger partial charge on any atom is 0.131 e. The number of rotatable bonds is 7. The zero-order chi connectivity index (χ0) is 14.4. The molecule has 0 unspecified atom stereocenters. The number of hydrogen-bond acceptors (Lipinski definition) is 4. The van der Waals surface area contributed by atoms with Gasteiger partial charge in [-0.05, 0) is 43.5 Å². The van der Waals surface area contributed by atoms with Crippen molar-refractivity contribution in [2.75, 3.05) is 6.54 Å². The molecule has 0 fully saturated rings. The third-order valence-corrected chi connectivity index (χ3v) is 3.76. The summed E-state index contributed by atoms with van der Waals surface area (Å²) in [6.45, 7) is 8.90. The lowest BCUT2D eigenvalue weighted by Gasteiger charge is -2.14. The molecule has 0 saturated carbocycles. The van der Waals surface area contributed by atoms with E-state index in [2.05, 4.69) is 43.2 Å². The maximum absolute atomic E-state index is 5.92. The standard InChI is InChI=1S/C16H22N2OS/c1-4-5-17-8-14-6-12(2)16(13(3)7-14)19-9-15-10-20-11-18-15/h6-7,10-11,17H,4-5,8-9H2,1-3H3. The molecule has 20 heavy (non-hydrogen) atoms. The fourth-order valence-electron chi connectivity index (χ4n) is 2.23. The molecule has 1 N–H and O–H groups in total.